The number of aromatic nitrogens is 2. The van der Waals surface area contributed by atoms with E-state index in [0.29, 0.717) is 24.8 Å². The molecule has 2 aromatic rings. The third-order valence-corrected chi connectivity index (χ3v) is 2.99. The summed E-state index contributed by atoms with van der Waals surface area (Å²) in [5, 5.41) is 4.70. The smallest absolute Gasteiger partial charge is 0.479 e. The maximum Gasteiger partial charge on any atom is 1.00 e. The Morgan fingerprint density at radius 1 is 1.32 bits per heavy atom. The molecule has 0 fully saturated rings. The fraction of sp³-hybridized carbons (Fsp3) is 0.231. The fourth-order valence-corrected chi connectivity index (χ4v) is 1.92. The molecule has 0 aliphatic carbocycles. The van der Waals surface area contributed by atoms with Crippen molar-refractivity contribution >= 4 is 17.6 Å². The molecule has 0 spiro atoms. The molecule has 1 aromatic carbocycles. The average Bonchev–Trinajstić information content (AvgIpc) is 3.02. The van der Waals surface area contributed by atoms with E-state index in [1.54, 1.807) is 0 Å². The fourth-order valence-electron chi connectivity index (χ4n) is 1.79. The SMILES string of the molecule is Clc1ccc(Cc2noc(N3C[C-]=CC3)n2)cc1.[Rb+]. The first-order valence-electron chi connectivity index (χ1n) is 5.68. The molecule has 0 saturated carbocycles. The number of rotatable bonds is 3. The third kappa shape index (κ3) is 3.98. The summed E-state index contributed by atoms with van der Waals surface area (Å²) in [4.78, 5) is 6.34. The van der Waals surface area contributed by atoms with Gasteiger partial charge in [-0.1, -0.05) is 28.9 Å². The van der Waals surface area contributed by atoms with Gasteiger partial charge in [-0.25, -0.2) is 6.08 Å². The Labute approximate surface area is 165 Å². The van der Waals surface area contributed by atoms with Crippen molar-refractivity contribution in [1.29, 1.82) is 0 Å². The summed E-state index contributed by atoms with van der Waals surface area (Å²) in [5.41, 5.74) is 1.11. The molecule has 1 aliphatic rings. The van der Waals surface area contributed by atoms with E-state index in [1.807, 2.05) is 35.2 Å². The third-order valence-electron chi connectivity index (χ3n) is 2.74. The second kappa shape index (κ2) is 7.13. The maximum atomic E-state index is 5.84. The van der Waals surface area contributed by atoms with Crippen molar-refractivity contribution in [3.05, 3.63) is 52.8 Å². The van der Waals surface area contributed by atoms with Gasteiger partial charge in [-0.3, -0.25) is 0 Å². The summed E-state index contributed by atoms with van der Waals surface area (Å²) in [5.74, 6) is 0.680. The van der Waals surface area contributed by atoms with Crippen LogP contribution < -0.4 is 63.1 Å². The second-order valence-electron chi connectivity index (χ2n) is 4.09. The summed E-state index contributed by atoms with van der Waals surface area (Å²) in [6, 6.07) is 8.20. The van der Waals surface area contributed by atoms with E-state index in [0.717, 1.165) is 17.1 Å². The Balaban J connectivity index is 0.00000133. The second-order valence-corrected chi connectivity index (χ2v) is 4.52. The van der Waals surface area contributed by atoms with Gasteiger partial charge in [0.05, 0.1) is 0 Å². The average molecular weight is 346 g/mol. The van der Waals surface area contributed by atoms with Crippen LogP contribution in [0, 0.1) is 6.08 Å². The van der Waals surface area contributed by atoms with Crippen LogP contribution in [0.15, 0.2) is 34.9 Å². The molecule has 3 rings (SSSR count). The first kappa shape index (κ1) is 15.4. The van der Waals surface area contributed by atoms with Crippen molar-refractivity contribution in [3.63, 3.8) is 0 Å². The van der Waals surface area contributed by atoms with Crippen LogP contribution in [0.25, 0.3) is 0 Å². The Morgan fingerprint density at radius 2 is 2.11 bits per heavy atom. The number of halogens is 1. The maximum absolute atomic E-state index is 5.84. The summed E-state index contributed by atoms with van der Waals surface area (Å²) in [6.07, 6.45) is 5.70. The molecule has 0 atom stereocenters. The Morgan fingerprint density at radius 3 is 2.79 bits per heavy atom. The predicted octanol–water partition coefficient (Wildman–Crippen LogP) is -0.503. The van der Waals surface area contributed by atoms with Gasteiger partial charge < -0.3 is 15.5 Å². The van der Waals surface area contributed by atoms with Crippen LogP contribution >= 0.6 is 11.6 Å². The van der Waals surface area contributed by atoms with Crippen LogP contribution in [0.2, 0.25) is 5.02 Å². The zero-order valence-electron chi connectivity index (χ0n) is 10.6. The molecule has 92 valence electrons. The van der Waals surface area contributed by atoms with Gasteiger partial charge in [0, 0.05) is 18.0 Å². The number of hydrogen-bond donors (Lipinski definition) is 0. The molecule has 0 radical (unpaired) electrons. The van der Waals surface area contributed by atoms with Gasteiger partial charge in [0.1, 0.15) is 0 Å². The van der Waals surface area contributed by atoms with E-state index < -0.39 is 0 Å². The molecule has 1 aromatic heterocycles. The van der Waals surface area contributed by atoms with Crippen molar-refractivity contribution in [2.24, 2.45) is 0 Å². The van der Waals surface area contributed by atoms with E-state index in [1.165, 1.54) is 0 Å². The Bertz CT molecular complexity index is 560. The molecular formula is C13H11ClN3ORb. The van der Waals surface area contributed by atoms with Crippen molar-refractivity contribution in [2.45, 2.75) is 6.42 Å². The van der Waals surface area contributed by atoms with Crippen LogP contribution in [0.1, 0.15) is 11.4 Å². The molecule has 0 amide bonds. The topological polar surface area (TPSA) is 42.2 Å². The van der Waals surface area contributed by atoms with E-state index >= 15 is 0 Å². The number of hydrogen-bond acceptors (Lipinski definition) is 4. The van der Waals surface area contributed by atoms with E-state index in [9.17, 15) is 0 Å². The molecule has 4 nitrogen and oxygen atoms in total. The first-order valence-corrected chi connectivity index (χ1v) is 6.06. The first-order chi connectivity index (χ1) is 8.81. The molecule has 1 aliphatic heterocycles. The Kier molecular flexibility index (Phi) is 5.78. The van der Waals surface area contributed by atoms with E-state index in [4.69, 9.17) is 16.1 Å². The van der Waals surface area contributed by atoms with Crippen LogP contribution in [0.4, 0.5) is 6.01 Å². The minimum atomic E-state index is 0. The van der Waals surface area contributed by atoms with Crippen LogP contribution in [-0.4, -0.2) is 23.2 Å². The van der Waals surface area contributed by atoms with Gasteiger partial charge in [-0.15, -0.1) is 6.54 Å². The van der Waals surface area contributed by atoms with Crippen molar-refractivity contribution in [3.8, 4) is 0 Å². The van der Waals surface area contributed by atoms with Gasteiger partial charge in [0.2, 0.25) is 0 Å². The number of benzene rings is 1. The minimum absolute atomic E-state index is 0. The largest absolute Gasteiger partial charge is 1.00 e. The summed E-state index contributed by atoms with van der Waals surface area (Å²) in [6.45, 7) is 1.49. The Hall–Kier alpha value is -0.00481. The van der Waals surface area contributed by atoms with Gasteiger partial charge in [0.15, 0.2) is 5.82 Å². The standard InChI is InChI=1S/C13H11ClN3O.Rb/c14-11-5-3-10(4-6-11)9-12-15-13(18-16-12)17-7-1-2-8-17;/h1,3-6H,7-9H2;/q-1;+1. The molecule has 0 N–H and O–H groups in total. The van der Waals surface area contributed by atoms with Crippen LogP contribution in [-0.2, 0) is 6.42 Å². The molecule has 2 heterocycles. The number of anilines is 1. The van der Waals surface area contributed by atoms with Crippen molar-refractivity contribution < 1.29 is 62.7 Å². The van der Waals surface area contributed by atoms with Gasteiger partial charge >= 0.3 is 64.2 Å². The van der Waals surface area contributed by atoms with Gasteiger partial charge in [-0.2, -0.15) is 4.98 Å². The predicted molar refractivity (Wildman–Crippen MR) is 68.6 cm³/mol. The zero-order chi connectivity index (χ0) is 12.4. The van der Waals surface area contributed by atoms with Crippen molar-refractivity contribution in [2.75, 3.05) is 18.0 Å². The molecule has 6 heteroatoms. The molecule has 19 heavy (non-hydrogen) atoms. The zero-order valence-corrected chi connectivity index (χ0v) is 16.3. The van der Waals surface area contributed by atoms with Gasteiger partial charge in [0.25, 0.3) is 0 Å². The van der Waals surface area contributed by atoms with Crippen LogP contribution in [0.3, 0.4) is 0 Å². The molecule has 0 saturated heterocycles. The molecular weight excluding hydrogens is 335 g/mol. The van der Waals surface area contributed by atoms with E-state index in [-0.39, 0.29) is 58.2 Å². The van der Waals surface area contributed by atoms with E-state index in [2.05, 4.69) is 16.2 Å². The minimum Gasteiger partial charge on any atom is -0.479 e. The normalized spacial score (nSPS) is 13.6. The molecule has 0 bridgehead atoms. The van der Waals surface area contributed by atoms with Gasteiger partial charge in [-0.05, 0) is 17.7 Å². The summed E-state index contributed by atoms with van der Waals surface area (Å²) < 4.78 is 5.22. The number of nitrogens with zero attached hydrogens (tertiary/aromatic N) is 3. The van der Waals surface area contributed by atoms with Crippen molar-refractivity contribution in [1.82, 2.24) is 10.1 Å². The monoisotopic (exact) mass is 345 g/mol. The quantitative estimate of drug-likeness (QED) is 0.703. The summed E-state index contributed by atoms with van der Waals surface area (Å²) >= 11 is 5.84. The molecule has 0 unspecified atom stereocenters. The van der Waals surface area contributed by atoms with Crippen LogP contribution in [0.5, 0.6) is 0 Å². The summed E-state index contributed by atoms with van der Waals surface area (Å²) in [7, 11) is 0.